The van der Waals surface area contributed by atoms with Gasteiger partial charge < -0.3 is 5.11 Å². The third-order valence-corrected chi connectivity index (χ3v) is 4.65. The first-order valence-electron chi connectivity index (χ1n) is 8.36. The molecule has 0 radical (unpaired) electrons. The van der Waals surface area contributed by atoms with E-state index in [0.29, 0.717) is 5.75 Å². The summed E-state index contributed by atoms with van der Waals surface area (Å²) < 4.78 is 0. The minimum Gasteiger partial charge on any atom is -0.507 e. The highest BCUT2D eigenvalue weighted by atomic mass is 16.3. The standard InChI is InChI=1S/C23H24O/c1-14-9-10-19(16(3)11-14)20-7-6-8-21(23(20)24)22-17(4)12-15(2)13-18(22)5/h6-13,24H,1-5H3. The van der Waals surface area contributed by atoms with E-state index in [9.17, 15) is 5.11 Å². The number of hydrogen-bond donors (Lipinski definition) is 1. The van der Waals surface area contributed by atoms with Gasteiger partial charge in [-0.25, -0.2) is 0 Å². The maximum atomic E-state index is 11.0. The molecule has 0 spiro atoms. The smallest absolute Gasteiger partial charge is 0.131 e. The summed E-state index contributed by atoms with van der Waals surface area (Å²) in [6, 6.07) is 16.7. The summed E-state index contributed by atoms with van der Waals surface area (Å²) >= 11 is 0. The number of phenols is 1. The van der Waals surface area contributed by atoms with Gasteiger partial charge >= 0.3 is 0 Å². The van der Waals surface area contributed by atoms with Crippen molar-refractivity contribution in [2.45, 2.75) is 34.6 Å². The molecular weight excluding hydrogens is 292 g/mol. The van der Waals surface area contributed by atoms with Crippen LogP contribution in [0.25, 0.3) is 22.3 Å². The zero-order valence-corrected chi connectivity index (χ0v) is 15.1. The molecule has 0 aliphatic heterocycles. The number of benzene rings is 3. The Morgan fingerprint density at radius 3 is 1.79 bits per heavy atom. The lowest BCUT2D eigenvalue weighted by Crippen LogP contribution is -1.92. The van der Waals surface area contributed by atoms with Crippen LogP contribution in [0, 0.1) is 34.6 Å². The van der Waals surface area contributed by atoms with Crippen LogP contribution in [0.2, 0.25) is 0 Å². The van der Waals surface area contributed by atoms with E-state index in [1.807, 2.05) is 18.2 Å². The molecule has 0 atom stereocenters. The van der Waals surface area contributed by atoms with Gasteiger partial charge in [-0.1, -0.05) is 59.7 Å². The molecule has 1 heteroatoms. The van der Waals surface area contributed by atoms with E-state index in [1.165, 1.54) is 27.8 Å². The molecule has 0 aliphatic carbocycles. The first-order chi connectivity index (χ1) is 11.4. The molecule has 1 nitrogen and oxygen atoms in total. The molecule has 0 amide bonds. The fourth-order valence-electron chi connectivity index (χ4n) is 3.68. The van der Waals surface area contributed by atoms with Crippen LogP contribution >= 0.6 is 0 Å². The monoisotopic (exact) mass is 316 g/mol. The van der Waals surface area contributed by atoms with E-state index < -0.39 is 0 Å². The van der Waals surface area contributed by atoms with Crippen molar-refractivity contribution in [3.8, 4) is 28.0 Å². The van der Waals surface area contributed by atoms with Crippen molar-refractivity contribution >= 4 is 0 Å². The third kappa shape index (κ3) is 2.82. The second-order valence-corrected chi connectivity index (χ2v) is 6.79. The molecule has 0 saturated heterocycles. The van der Waals surface area contributed by atoms with Crippen molar-refractivity contribution in [1.29, 1.82) is 0 Å². The second-order valence-electron chi connectivity index (χ2n) is 6.79. The molecule has 0 saturated carbocycles. The summed E-state index contributed by atoms with van der Waals surface area (Å²) in [5.41, 5.74) is 10.1. The predicted molar refractivity (Wildman–Crippen MR) is 103 cm³/mol. The van der Waals surface area contributed by atoms with Crippen LogP contribution in [0.4, 0.5) is 0 Å². The minimum atomic E-state index is 0.361. The number of phenolic OH excluding ortho intramolecular Hbond substituents is 1. The molecular formula is C23H24O. The predicted octanol–water partition coefficient (Wildman–Crippen LogP) is 6.27. The first-order valence-corrected chi connectivity index (χ1v) is 8.36. The second kappa shape index (κ2) is 6.16. The van der Waals surface area contributed by atoms with E-state index in [0.717, 1.165) is 22.3 Å². The molecule has 3 rings (SSSR count). The van der Waals surface area contributed by atoms with E-state index >= 15 is 0 Å². The molecule has 0 aromatic heterocycles. The van der Waals surface area contributed by atoms with E-state index in [1.54, 1.807) is 0 Å². The van der Waals surface area contributed by atoms with Gasteiger partial charge in [0.25, 0.3) is 0 Å². The lowest BCUT2D eigenvalue weighted by Gasteiger charge is -2.16. The van der Waals surface area contributed by atoms with Gasteiger partial charge in [0.15, 0.2) is 0 Å². The Kier molecular flexibility index (Phi) is 4.19. The van der Waals surface area contributed by atoms with Crippen molar-refractivity contribution in [2.75, 3.05) is 0 Å². The average molecular weight is 316 g/mol. The number of para-hydroxylation sites is 1. The van der Waals surface area contributed by atoms with Crippen LogP contribution in [-0.2, 0) is 0 Å². The molecule has 0 bridgehead atoms. The van der Waals surface area contributed by atoms with Crippen molar-refractivity contribution in [2.24, 2.45) is 0 Å². The zero-order chi connectivity index (χ0) is 17.4. The van der Waals surface area contributed by atoms with Gasteiger partial charge in [0.05, 0.1) is 0 Å². The normalized spacial score (nSPS) is 10.9. The van der Waals surface area contributed by atoms with Crippen LogP contribution < -0.4 is 0 Å². The third-order valence-electron chi connectivity index (χ3n) is 4.65. The summed E-state index contributed by atoms with van der Waals surface area (Å²) in [4.78, 5) is 0. The Balaban J connectivity index is 2.24. The van der Waals surface area contributed by atoms with Gasteiger partial charge in [0, 0.05) is 11.1 Å². The largest absolute Gasteiger partial charge is 0.507 e. The maximum Gasteiger partial charge on any atom is 0.131 e. The molecule has 0 aliphatic rings. The summed E-state index contributed by atoms with van der Waals surface area (Å²) in [7, 11) is 0. The molecule has 3 aromatic carbocycles. The first kappa shape index (κ1) is 16.3. The molecule has 24 heavy (non-hydrogen) atoms. The fraction of sp³-hybridized carbons (Fsp3) is 0.217. The van der Waals surface area contributed by atoms with Crippen LogP contribution in [0.15, 0.2) is 48.5 Å². The lowest BCUT2D eigenvalue weighted by atomic mass is 9.90. The van der Waals surface area contributed by atoms with Crippen molar-refractivity contribution in [1.82, 2.24) is 0 Å². The summed E-state index contributed by atoms with van der Waals surface area (Å²) in [6.07, 6.45) is 0. The molecule has 3 aromatic rings. The van der Waals surface area contributed by atoms with E-state index in [2.05, 4.69) is 65.0 Å². The van der Waals surface area contributed by atoms with Gasteiger partial charge in [-0.2, -0.15) is 0 Å². The van der Waals surface area contributed by atoms with Gasteiger partial charge in [-0.3, -0.25) is 0 Å². The SMILES string of the molecule is Cc1ccc(-c2cccc(-c3c(C)cc(C)cc3C)c2O)c(C)c1. The van der Waals surface area contributed by atoms with Crippen molar-refractivity contribution in [3.63, 3.8) is 0 Å². The topological polar surface area (TPSA) is 20.2 Å². The van der Waals surface area contributed by atoms with Gasteiger partial charge in [0.1, 0.15) is 5.75 Å². The highest BCUT2D eigenvalue weighted by molar-refractivity contribution is 5.85. The number of aryl methyl sites for hydroxylation is 5. The molecule has 122 valence electrons. The highest BCUT2D eigenvalue weighted by Crippen LogP contribution is 2.41. The zero-order valence-electron chi connectivity index (χ0n) is 15.1. The van der Waals surface area contributed by atoms with Crippen molar-refractivity contribution in [3.05, 3.63) is 76.3 Å². The Labute approximate surface area is 144 Å². The fourth-order valence-corrected chi connectivity index (χ4v) is 3.68. The molecule has 0 heterocycles. The Morgan fingerprint density at radius 1 is 0.583 bits per heavy atom. The number of aromatic hydroxyl groups is 1. The van der Waals surface area contributed by atoms with E-state index in [-0.39, 0.29) is 0 Å². The van der Waals surface area contributed by atoms with Gasteiger partial charge in [-0.15, -0.1) is 0 Å². The minimum absolute atomic E-state index is 0.361. The summed E-state index contributed by atoms with van der Waals surface area (Å²) in [5.74, 6) is 0.361. The number of rotatable bonds is 2. The number of hydrogen-bond acceptors (Lipinski definition) is 1. The quantitative estimate of drug-likeness (QED) is 0.591. The lowest BCUT2D eigenvalue weighted by molar-refractivity contribution is 0.479. The highest BCUT2D eigenvalue weighted by Gasteiger charge is 2.15. The van der Waals surface area contributed by atoms with Gasteiger partial charge in [-0.05, 0) is 62.4 Å². The molecule has 0 fully saturated rings. The Morgan fingerprint density at radius 2 is 1.17 bits per heavy atom. The Bertz CT molecular complexity index is 896. The average Bonchev–Trinajstić information content (AvgIpc) is 2.48. The maximum absolute atomic E-state index is 11.0. The van der Waals surface area contributed by atoms with Crippen LogP contribution in [0.5, 0.6) is 5.75 Å². The molecule has 0 unspecified atom stereocenters. The van der Waals surface area contributed by atoms with Crippen LogP contribution in [0.1, 0.15) is 27.8 Å². The van der Waals surface area contributed by atoms with Crippen molar-refractivity contribution < 1.29 is 5.11 Å². The molecule has 1 N–H and O–H groups in total. The summed E-state index contributed by atoms with van der Waals surface area (Å²) in [5, 5.41) is 11.0. The van der Waals surface area contributed by atoms with E-state index in [4.69, 9.17) is 0 Å². The van der Waals surface area contributed by atoms with Crippen LogP contribution in [0.3, 0.4) is 0 Å². The summed E-state index contributed by atoms with van der Waals surface area (Å²) in [6.45, 7) is 10.5. The van der Waals surface area contributed by atoms with Crippen LogP contribution in [-0.4, -0.2) is 5.11 Å². The van der Waals surface area contributed by atoms with Gasteiger partial charge in [0.2, 0.25) is 0 Å². The Hall–Kier alpha value is -2.54.